The van der Waals surface area contributed by atoms with Crippen LogP contribution in [-0.4, -0.2) is 0 Å². The van der Waals surface area contributed by atoms with E-state index in [0.717, 1.165) is 6.42 Å². The quantitative estimate of drug-likeness (QED) is 0.555. The highest BCUT2D eigenvalue weighted by atomic mass is 14.2. The van der Waals surface area contributed by atoms with Crippen molar-refractivity contribution >= 4 is 0 Å². The third kappa shape index (κ3) is 2.87. The molecular formula is C13H20. The SMILES string of the molecule is C=CCC1C=CC(C(C)(C)C)=CC1. The Morgan fingerprint density at radius 2 is 2.23 bits per heavy atom. The van der Waals surface area contributed by atoms with Gasteiger partial charge in [0.15, 0.2) is 0 Å². The van der Waals surface area contributed by atoms with Crippen LogP contribution in [0, 0.1) is 11.3 Å². The van der Waals surface area contributed by atoms with Crippen LogP contribution in [0.15, 0.2) is 36.5 Å². The molecule has 0 nitrogen and oxygen atoms in total. The van der Waals surface area contributed by atoms with Crippen LogP contribution in [0.4, 0.5) is 0 Å². The lowest BCUT2D eigenvalue weighted by Gasteiger charge is -2.24. The van der Waals surface area contributed by atoms with Crippen molar-refractivity contribution < 1.29 is 0 Å². The van der Waals surface area contributed by atoms with Gasteiger partial charge in [0.2, 0.25) is 0 Å². The molecule has 0 heterocycles. The Bertz CT molecular complexity index is 235. The molecule has 0 aromatic carbocycles. The van der Waals surface area contributed by atoms with Crippen molar-refractivity contribution in [3.8, 4) is 0 Å². The second-order valence-corrected chi connectivity index (χ2v) is 4.79. The molecule has 0 radical (unpaired) electrons. The Kier molecular flexibility index (Phi) is 3.13. The average Bonchev–Trinajstić information content (AvgIpc) is 2.04. The summed E-state index contributed by atoms with van der Waals surface area (Å²) in [6.45, 7) is 10.6. The van der Waals surface area contributed by atoms with Crippen LogP contribution >= 0.6 is 0 Å². The Labute approximate surface area is 82.0 Å². The van der Waals surface area contributed by atoms with Gasteiger partial charge in [0.1, 0.15) is 0 Å². The van der Waals surface area contributed by atoms with Gasteiger partial charge < -0.3 is 0 Å². The molecule has 72 valence electrons. The Hall–Kier alpha value is -0.780. The monoisotopic (exact) mass is 176 g/mol. The highest BCUT2D eigenvalue weighted by Crippen LogP contribution is 2.31. The summed E-state index contributed by atoms with van der Waals surface area (Å²) in [5, 5.41) is 0. The van der Waals surface area contributed by atoms with Crippen molar-refractivity contribution in [1.82, 2.24) is 0 Å². The topological polar surface area (TPSA) is 0 Å². The molecule has 1 rings (SSSR count). The molecule has 0 N–H and O–H groups in total. The summed E-state index contributed by atoms with van der Waals surface area (Å²) in [5.74, 6) is 0.684. The fourth-order valence-corrected chi connectivity index (χ4v) is 1.61. The minimum atomic E-state index is 0.301. The molecule has 0 bridgehead atoms. The van der Waals surface area contributed by atoms with E-state index in [2.05, 4.69) is 45.6 Å². The molecule has 1 atom stereocenters. The minimum Gasteiger partial charge on any atom is -0.103 e. The maximum absolute atomic E-state index is 3.77. The molecular weight excluding hydrogens is 156 g/mol. The molecule has 0 aromatic rings. The zero-order valence-electron chi connectivity index (χ0n) is 9.01. The first-order chi connectivity index (χ1) is 6.04. The van der Waals surface area contributed by atoms with Crippen LogP contribution in [0.25, 0.3) is 0 Å². The highest BCUT2D eigenvalue weighted by molar-refractivity contribution is 5.28. The van der Waals surface area contributed by atoms with E-state index in [1.165, 1.54) is 12.0 Å². The molecule has 0 aromatic heterocycles. The molecule has 1 aliphatic rings. The second kappa shape index (κ2) is 3.95. The molecule has 0 fully saturated rings. The van der Waals surface area contributed by atoms with Crippen LogP contribution < -0.4 is 0 Å². The van der Waals surface area contributed by atoms with Crippen LogP contribution in [0.2, 0.25) is 0 Å². The van der Waals surface area contributed by atoms with E-state index in [4.69, 9.17) is 0 Å². The first-order valence-corrected chi connectivity index (χ1v) is 5.04. The normalized spacial score (nSPS) is 22.7. The van der Waals surface area contributed by atoms with Crippen LogP contribution in [0.1, 0.15) is 33.6 Å². The molecule has 1 unspecified atom stereocenters. The van der Waals surface area contributed by atoms with E-state index in [9.17, 15) is 0 Å². The van der Waals surface area contributed by atoms with E-state index in [1.54, 1.807) is 0 Å². The van der Waals surface area contributed by atoms with E-state index in [-0.39, 0.29) is 0 Å². The van der Waals surface area contributed by atoms with Crippen molar-refractivity contribution in [1.29, 1.82) is 0 Å². The summed E-state index contributed by atoms with van der Waals surface area (Å²) < 4.78 is 0. The largest absolute Gasteiger partial charge is 0.103 e. The zero-order chi connectivity index (χ0) is 9.90. The van der Waals surface area contributed by atoms with Crippen LogP contribution in [0.3, 0.4) is 0 Å². The van der Waals surface area contributed by atoms with E-state index >= 15 is 0 Å². The summed E-state index contributed by atoms with van der Waals surface area (Å²) in [5.41, 5.74) is 1.77. The van der Waals surface area contributed by atoms with Gasteiger partial charge in [0.25, 0.3) is 0 Å². The van der Waals surface area contributed by atoms with Gasteiger partial charge in [-0.25, -0.2) is 0 Å². The maximum Gasteiger partial charge on any atom is -0.0135 e. The molecule has 0 saturated carbocycles. The van der Waals surface area contributed by atoms with Crippen molar-refractivity contribution in [3.63, 3.8) is 0 Å². The molecule has 0 saturated heterocycles. The zero-order valence-corrected chi connectivity index (χ0v) is 9.01. The smallest absolute Gasteiger partial charge is 0.0135 e. The predicted molar refractivity (Wildman–Crippen MR) is 59.6 cm³/mol. The van der Waals surface area contributed by atoms with Gasteiger partial charge in [-0.05, 0) is 29.7 Å². The van der Waals surface area contributed by atoms with Crippen molar-refractivity contribution in [2.75, 3.05) is 0 Å². The Morgan fingerprint density at radius 3 is 2.62 bits per heavy atom. The molecule has 13 heavy (non-hydrogen) atoms. The minimum absolute atomic E-state index is 0.301. The summed E-state index contributed by atoms with van der Waals surface area (Å²) >= 11 is 0. The first kappa shape index (κ1) is 10.3. The van der Waals surface area contributed by atoms with Crippen LogP contribution in [-0.2, 0) is 0 Å². The summed E-state index contributed by atoms with van der Waals surface area (Å²) in [6.07, 6.45) is 11.2. The summed E-state index contributed by atoms with van der Waals surface area (Å²) in [6, 6.07) is 0. The van der Waals surface area contributed by atoms with Crippen molar-refractivity contribution in [2.24, 2.45) is 11.3 Å². The highest BCUT2D eigenvalue weighted by Gasteiger charge is 2.17. The number of rotatable bonds is 2. The fourth-order valence-electron chi connectivity index (χ4n) is 1.61. The van der Waals surface area contributed by atoms with Gasteiger partial charge in [-0.3, -0.25) is 0 Å². The summed E-state index contributed by atoms with van der Waals surface area (Å²) in [7, 11) is 0. The van der Waals surface area contributed by atoms with Crippen molar-refractivity contribution in [3.05, 3.63) is 36.5 Å². The van der Waals surface area contributed by atoms with Gasteiger partial charge in [-0.15, -0.1) is 6.58 Å². The van der Waals surface area contributed by atoms with E-state index in [1.807, 2.05) is 6.08 Å². The van der Waals surface area contributed by atoms with Gasteiger partial charge in [0, 0.05) is 0 Å². The lowest BCUT2D eigenvalue weighted by Crippen LogP contribution is -2.11. The number of allylic oxidation sites excluding steroid dienone is 5. The molecule has 0 heteroatoms. The first-order valence-electron chi connectivity index (χ1n) is 5.04. The predicted octanol–water partition coefficient (Wildman–Crippen LogP) is 4.11. The fraction of sp³-hybridized carbons (Fsp3) is 0.538. The lowest BCUT2D eigenvalue weighted by atomic mass is 9.81. The van der Waals surface area contributed by atoms with Gasteiger partial charge in [-0.2, -0.15) is 0 Å². The molecule has 0 amide bonds. The number of hydrogen-bond donors (Lipinski definition) is 0. The third-order valence-corrected chi connectivity index (χ3v) is 2.52. The molecule has 0 aliphatic heterocycles. The molecule has 1 aliphatic carbocycles. The average molecular weight is 176 g/mol. The third-order valence-electron chi connectivity index (χ3n) is 2.52. The van der Waals surface area contributed by atoms with Gasteiger partial charge >= 0.3 is 0 Å². The van der Waals surface area contributed by atoms with Gasteiger partial charge in [0.05, 0.1) is 0 Å². The van der Waals surface area contributed by atoms with Crippen molar-refractivity contribution in [2.45, 2.75) is 33.6 Å². The second-order valence-electron chi connectivity index (χ2n) is 4.79. The van der Waals surface area contributed by atoms with Crippen LogP contribution in [0.5, 0.6) is 0 Å². The Morgan fingerprint density at radius 1 is 1.54 bits per heavy atom. The van der Waals surface area contributed by atoms with Gasteiger partial charge in [-0.1, -0.05) is 45.1 Å². The molecule has 0 spiro atoms. The maximum atomic E-state index is 3.77. The van der Waals surface area contributed by atoms with E-state index in [0.29, 0.717) is 11.3 Å². The lowest BCUT2D eigenvalue weighted by molar-refractivity contribution is 0.504. The summed E-state index contributed by atoms with van der Waals surface area (Å²) in [4.78, 5) is 0. The van der Waals surface area contributed by atoms with E-state index < -0.39 is 0 Å². The Balaban J connectivity index is 2.60. The number of hydrogen-bond acceptors (Lipinski definition) is 0. The standard InChI is InChI=1S/C13H20/c1-5-6-11-7-9-12(10-8-11)13(2,3)4/h5,7,9-11H,1,6,8H2,2-4H3.